The fraction of sp³-hybridized carbons (Fsp3) is 1.00. The van der Waals surface area contributed by atoms with Gasteiger partial charge in [0.15, 0.2) is 6.29 Å². The zero-order valence-electron chi connectivity index (χ0n) is 21.9. The second kappa shape index (κ2) is 12.6. The maximum absolute atomic E-state index is 13.9. The highest BCUT2D eigenvalue weighted by Gasteiger charge is 2.55. The van der Waals surface area contributed by atoms with Crippen molar-refractivity contribution in [2.75, 3.05) is 19.7 Å². The first kappa shape index (κ1) is 28.4. The van der Waals surface area contributed by atoms with Crippen LogP contribution < -0.4 is 16.2 Å². The Labute approximate surface area is 223 Å². The number of aliphatic hydroxyl groups excluding tert-OH is 1. The predicted octanol–water partition coefficient (Wildman–Crippen LogP) is 4.14. The smallest absolute Gasteiger partial charge is 0.367 e. The number of halogens is 3. The monoisotopic (exact) mass is 550 g/mol. The Morgan fingerprint density at radius 2 is 1.81 bits per heavy atom. The lowest BCUT2D eigenvalue weighted by molar-refractivity contribution is -0.141. The van der Waals surface area contributed by atoms with Gasteiger partial charge in [0.2, 0.25) is 0 Å². The molecule has 11 heteroatoms. The van der Waals surface area contributed by atoms with E-state index < -0.39 is 17.7 Å². The molecule has 5 fully saturated rings. The number of hydrogen-bond acceptors (Lipinski definition) is 8. The summed E-state index contributed by atoms with van der Waals surface area (Å²) in [5, 5.41) is 14.4. The summed E-state index contributed by atoms with van der Waals surface area (Å²) in [6, 6.07) is -0.0413. The second-order valence-electron chi connectivity index (χ2n) is 11.8. The van der Waals surface area contributed by atoms with Crippen molar-refractivity contribution in [3.63, 3.8) is 0 Å². The molecule has 37 heavy (non-hydrogen) atoms. The quantitative estimate of drug-likeness (QED) is 0.336. The van der Waals surface area contributed by atoms with Crippen LogP contribution in [0, 0.1) is 23.7 Å². The molecule has 7 nitrogen and oxygen atoms in total. The van der Waals surface area contributed by atoms with Crippen LogP contribution in [-0.2, 0) is 9.57 Å². The van der Waals surface area contributed by atoms with E-state index in [2.05, 4.69) is 21.2 Å². The molecule has 0 aromatic carbocycles. The highest BCUT2D eigenvalue weighted by Crippen LogP contribution is 2.53. The second-order valence-corrected chi connectivity index (χ2v) is 13.2. The lowest BCUT2D eigenvalue weighted by Gasteiger charge is -2.33. The van der Waals surface area contributed by atoms with Gasteiger partial charge in [0.25, 0.3) is 0 Å². The van der Waals surface area contributed by atoms with Crippen LogP contribution in [0.5, 0.6) is 0 Å². The van der Waals surface area contributed by atoms with E-state index in [1.807, 2.05) is 6.92 Å². The lowest BCUT2D eigenvalue weighted by atomic mass is 9.76. The molecule has 3 saturated heterocycles. The number of rotatable bonds is 8. The molecule has 0 spiro atoms. The summed E-state index contributed by atoms with van der Waals surface area (Å²) in [4.78, 5) is 5.88. The third kappa shape index (κ3) is 6.96. The van der Waals surface area contributed by atoms with E-state index in [1.54, 1.807) is 0 Å². The zero-order valence-corrected chi connectivity index (χ0v) is 22.7. The number of aliphatic hydroxyl groups is 1. The van der Waals surface area contributed by atoms with Gasteiger partial charge in [-0.25, -0.2) is 10.4 Å². The van der Waals surface area contributed by atoms with E-state index in [9.17, 15) is 18.3 Å². The third-order valence-electron chi connectivity index (χ3n) is 9.38. The summed E-state index contributed by atoms with van der Waals surface area (Å²) >= 11 is 1.10. The minimum Gasteiger partial charge on any atom is -0.367 e. The summed E-state index contributed by atoms with van der Waals surface area (Å²) in [5.41, 5.74) is 6.55. The van der Waals surface area contributed by atoms with Gasteiger partial charge in [0, 0.05) is 24.9 Å². The highest BCUT2D eigenvalue weighted by atomic mass is 32.2. The fourth-order valence-electron chi connectivity index (χ4n) is 7.37. The van der Waals surface area contributed by atoms with Gasteiger partial charge in [0.1, 0.15) is 11.5 Å². The fourth-order valence-corrected chi connectivity index (χ4v) is 9.05. The average Bonchev–Trinajstić information content (AvgIpc) is 3.64. The molecule has 0 radical (unpaired) electrons. The van der Waals surface area contributed by atoms with Gasteiger partial charge in [-0.2, -0.15) is 18.7 Å². The molecule has 0 amide bonds. The van der Waals surface area contributed by atoms with Crippen LogP contribution in [0.3, 0.4) is 0 Å². The zero-order chi connectivity index (χ0) is 26.0. The minimum atomic E-state index is -4.16. The van der Waals surface area contributed by atoms with Crippen molar-refractivity contribution in [3.05, 3.63) is 0 Å². The molecule has 3 heterocycles. The molecule has 7 atom stereocenters. The lowest BCUT2D eigenvalue weighted by Crippen LogP contribution is -2.46. The van der Waals surface area contributed by atoms with Crippen LogP contribution in [0.25, 0.3) is 0 Å². The molecule has 214 valence electrons. The number of alkyl halides is 3. The molecule has 2 saturated carbocycles. The number of hydrogen-bond donors (Lipinski definition) is 4. The van der Waals surface area contributed by atoms with E-state index >= 15 is 0 Å². The van der Waals surface area contributed by atoms with Gasteiger partial charge in [-0.15, -0.1) is 11.8 Å². The van der Waals surface area contributed by atoms with E-state index in [0.717, 1.165) is 89.1 Å². The van der Waals surface area contributed by atoms with Gasteiger partial charge < -0.3 is 9.84 Å². The average molecular weight is 551 g/mol. The number of nitrogens with zero attached hydrogens (tertiary/aromatic N) is 1. The van der Waals surface area contributed by atoms with Gasteiger partial charge >= 0.3 is 6.18 Å². The van der Waals surface area contributed by atoms with Crippen molar-refractivity contribution in [1.82, 2.24) is 21.2 Å². The number of nitrogens with one attached hydrogen (secondary N) is 3. The van der Waals surface area contributed by atoms with Gasteiger partial charge in [-0.3, -0.25) is 10.2 Å². The maximum atomic E-state index is 13.9. The van der Waals surface area contributed by atoms with Crippen LogP contribution >= 0.6 is 11.8 Å². The van der Waals surface area contributed by atoms with E-state index in [0.29, 0.717) is 24.9 Å². The summed E-state index contributed by atoms with van der Waals surface area (Å²) < 4.78 is 47.2. The number of hydroxylamine groups is 1. The van der Waals surface area contributed by atoms with Crippen LogP contribution in [-0.4, -0.2) is 71.2 Å². The molecular weight excluding hydrogens is 505 g/mol. The number of thioether (sulfide) groups is 1. The largest absolute Gasteiger partial charge is 0.400 e. The van der Waals surface area contributed by atoms with E-state index in [1.165, 1.54) is 0 Å². The van der Waals surface area contributed by atoms with E-state index in [4.69, 9.17) is 9.57 Å². The molecule has 3 aliphatic heterocycles. The molecule has 0 aromatic rings. The Hall–Kier alpha value is -0.140. The van der Waals surface area contributed by atoms with Crippen molar-refractivity contribution < 1.29 is 27.9 Å². The topological polar surface area (TPSA) is 78.0 Å². The van der Waals surface area contributed by atoms with Crippen LogP contribution in [0.2, 0.25) is 0 Å². The van der Waals surface area contributed by atoms with Gasteiger partial charge in [0.05, 0.1) is 12.2 Å². The predicted molar refractivity (Wildman–Crippen MR) is 137 cm³/mol. The molecule has 4 N–H and O–H groups in total. The summed E-state index contributed by atoms with van der Waals surface area (Å²) in [5.74, 6) is 0.920. The third-order valence-corrected chi connectivity index (χ3v) is 11.1. The minimum absolute atomic E-state index is 0.000231. The Balaban J connectivity index is 1.07. The normalized spacial score (nSPS) is 41.4. The van der Waals surface area contributed by atoms with Crippen molar-refractivity contribution >= 4 is 11.8 Å². The Morgan fingerprint density at radius 1 is 1.05 bits per heavy atom. The summed E-state index contributed by atoms with van der Waals surface area (Å²) in [7, 11) is 0. The van der Waals surface area contributed by atoms with Gasteiger partial charge in [-0.05, 0) is 69.1 Å². The van der Waals surface area contributed by atoms with Crippen LogP contribution in [0.4, 0.5) is 13.2 Å². The van der Waals surface area contributed by atoms with Crippen molar-refractivity contribution in [2.45, 2.75) is 119 Å². The highest BCUT2D eigenvalue weighted by molar-refractivity contribution is 8.00. The summed E-state index contributed by atoms with van der Waals surface area (Å²) in [6.07, 6.45) is 5.70. The Bertz CT molecular complexity index is 724. The molecule has 5 aliphatic rings. The first-order valence-electron chi connectivity index (χ1n) is 14.5. The first-order valence-corrected chi connectivity index (χ1v) is 15.5. The number of hydrazine groups is 1. The van der Waals surface area contributed by atoms with E-state index in [-0.39, 0.29) is 35.5 Å². The SMILES string of the molecule is CCOC(O)C1CCN(CC2CCC(C3NOC(C4CC(C5CCCCC5)C(C(F)(F)F)S4)N3)CC2)N1. The first-order chi connectivity index (χ1) is 17.8. The van der Waals surface area contributed by atoms with Gasteiger partial charge in [-0.1, -0.05) is 32.1 Å². The molecule has 0 aromatic heterocycles. The maximum Gasteiger partial charge on any atom is 0.400 e. The van der Waals surface area contributed by atoms with Crippen LogP contribution in [0.15, 0.2) is 0 Å². The number of ether oxygens (including phenoxy) is 1. The molecule has 0 bridgehead atoms. The van der Waals surface area contributed by atoms with Crippen molar-refractivity contribution in [2.24, 2.45) is 23.7 Å². The molecule has 7 unspecified atom stereocenters. The standard InChI is InChI=1S/C26H45F3N4O3S/c1-2-35-25(34)20-12-13-33(31-20)15-16-8-10-18(11-9-16)23-30-24(36-32-23)21-14-19(17-6-4-3-5-7-17)22(37-21)26(27,28)29/h16-25,30-32,34H,2-15H2,1H3. The van der Waals surface area contributed by atoms with Crippen LogP contribution in [0.1, 0.15) is 77.6 Å². The molecule has 2 aliphatic carbocycles. The van der Waals surface area contributed by atoms with Crippen molar-refractivity contribution in [3.8, 4) is 0 Å². The Kier molecular flexibility index (Phi) is 9.65. The Morgan fingerprint density at radius 3 is 2.51 bits per heavy atom. The molecule has 5 rings (SSSR count). The molecular formula is C26H45F3N4O3S. The summed E-state index contributed by atoms with van der Waals surface area (Å²) in [6.45, 7) is 4.26. The van der Waals surface area contributed by atoms with Crippen molar-refractivity contribution in [1.29, 1.82) is 0 Å².